The van der Waals surface area contributed by atoms with Crippen LogP contribution in [0.15, 0.2) is 0 Å². The Balaban J connectivity index is 2.39. The van der Waals surface area contributed by atoms with Crippen molar-refractivity contribution in [3.8, 4) is 0 Å². The zero-order valence-corrected chi connectivity index (χ0v) is 10.2. The highest BCUT2D eigenvalue weighted by Crippen LogP contribution is 2.49. The molecule has 7 heteroatoms. The molecule has 0 aromatic rings. The van der Waals surface area contributed by atoms with E-state index in [1.807, 2.05) is 0 Å². The second-order valence-electron chi connectivity index (χ2n) is 2.25. The molecular weight excluding hydrogens is 229 g/mol. The van der Waals surface area contributed by atoms with Gasteiger partial charge in [-0.2, -0.15) is 0 Å². The Morgan fingerprint density at radius 1 is 1.38 bits per heavy atom. The second kappa shape index (κ2) is 5.63. The second-order valence-corrected chi connectivity index (χ2v) is 6.87. The van der Waals surface area contributed by atoms with Crippen molar-refractivity contribution in [1.82, 2.24) is 5.09 Å². The fraction of sp³-hybridized carbons (Fsp3) is 1.00. The Kier molecular flexibility index (Phi) is 5.15. The van der Waals surface area contributed by atoms with Crippen molar-refractivity contribution < 1.29 is 13.6 Å². The summed E-state index contributed by atoms with van der Waals surface area (Å²) in [6.07, 6.45) is 0. The van der Waals surface area contributed by atoms with Gasteiger partial charge < -0.3 is 0 Å². The molecule has 0 radical (unpaired) electrons. The molecule has 0 saturated carbocycles. The smallest absolute Gasteiger partial charge is 0.297 e. The van der Waals surface area contributed by atoms with E-state index in [1.165, 1.54) is 0 Å². The number of nitrogens with one attached hydrogen (secondary N) is 1. The molecule has 0 amide bonds. The van der Waals surface area contributed by atoms with E-state index in [2.05, 4.69) is 5.09 Å². The van der Waals surface area contributed by atoms with E-state index in [9.17, 15) is 4.57 Å². The van der Waals surface area contributed by atoms with Crippen molar-refractivity contribution in [3.05, 3.63) is 0 Å². The molecule has 1 saturated heterocycles. The number of rotatable bonds is 6. The highest BCUT2D eigenvalue weighted by Gasteiger charge is 2.31. The monoisotopic (exact) mass is 243 g/mol. The Bertz CT molecular complexity index is 190. The van der Waals surface area contributed by atoms with Crippen LogP contribution in [0.1, 0.15) is 13.8 Å². The van der Waals surface area contributed by atoms with Crippen LogP contribution in [0.4, 0.5) is 0 Å². The van der Waals surface area contributed by atoms with E-state index in [-0.39, 0.29) is 4.71 Å². The van der Waals surface area contributed by atoms with Crippen molar-refractivity contribution in [2.75, 3.05) is 18.3 Å². The van der Waals surface area contributed by atoms with E-state index >= 15 is 0 Å². The van der Waals surface area contributed by atoms with Crippen LogP contribution in [0, 0.1) is 0 Å². The molecule has 0 aromatic heterocycles. The lowest BCUT2D eigenvalue weighted by molar-refractivity contribution is 0.212. The van der Waals surface area contributed by atoms with Gasteiger partial charge in [-0.15, -0.1) is 23.5 Å². The molecule has 0 bridgehead atoms. The van der Waals surface area contributed by atoms with Crippen LogP contribution in [0.25, 0.3) is 0 Å². The zero-order valence-electron chi connectivity index (χ0n) is 7.69. The summed E-state index contributed by atoms with van der Waals surface area (Å²) < 4.78 is 22.1. The largest absolute Gasteiger partial charge is 0.407 e. The van der Waals surface area contributed by atoms with E-state index in [0.29, 0.717) is 13.2 Å². The number of hydrogen-bond acceptors (Lipinski definition) is 5. The molecule has 0 unspecified atom stereocenters. The molecule has 1 fully saturated rings. The fourth-order valence-corrected chi connectivity index (χ4v) is 4.41. The third kappa shape index (κ3) is 3.81. The summed E-state index contributed by atoms with van der Waals surface area (Å²) in [5.41, 5.74) is 0. The Labute approximate surface area is 87.1 Å². The van der Waals surface area contributed by atoms with Crippen LogP contribution < -0.4 is 5.09 Å². The van der Waals surface area contributed by atoms with Gasteiger partial charge in [-0.25, -0.2) is 9.65 Å². The minimum absolute atomic E-state index is 0.156. The molecule has 1 N–H and O–H groups in total. The maximum atomic E-state index is 11.8. The first-order valence-corrected chi connectivity index (χ1v) is 7.74. The minimum atomic E-state index is -3.03. The van der Waals surface area contributed by atoms with E-state index in [4.69, 9.17) is 9.05 Å². The molecule has 13 heavy (non-hydrogen) atoms. The first-order valence-electron chi connectivity index (χ1n) is 4.10. The lowest BCUT2D eigenvalue weighted by atomic mass is 10.9. The van der Waals surface area contributed by atoms with E-state index in [0.717, 1.165) is 5.08 Å². The lowest BCUT2D eigenvalue weighted by Gasteiger charge is -2.28. The maximum absolute atomic E-state index is 11.8. The third-order valence-electron chi connectivity index (χ3n) is 1.30. The summed E-state index contributed by atoms with van der Waals surface area (Å²) in [7, 11) is -3.03. The van der Waals surface area contributed by atoms with Crippen LogP contribution in [-0.4, -0.2) is 23.0 Å². The predicted octanol–water partition coefficient (Wildman–Crippen LogP) is 2.48. The first-order chi connectivity index (χ1) is 6.20. The first kappa shape index (κ1) is 11.9. The van der Waals surface area contributed by atoms with Crippen molar-refractivity contribution in [3.63, 3.8) is 0 Å². The van der Waals surface area contributed by atoms with Crippen LogP contribution in [0.3, 0.4) is 0 Å². The number of hydrogen-bond donors (Lipinski definition) is 1. The van der Waals surface area contributed by atoms with E-state index in [1.54, 1.807) is 37.4 Å². The Morgan fingerprint density at radius 3 is 2.23 bits per heavy atom. The Morgan fingerprint density at radius 2 is 1.92 bits per heavy atom. The molecule has 0 spiro atoms. The summed E-state index contributed by atoms with van der Waals surface area (Å²) in [5.74, 6) is 0. The average Bonchev–Trinajstić information content (AvgIpc) is 1.98. The van der Waals surface area contributed by atoms with Gasteiger partial charge in [0, 0.05) is 5.08 Å². The van der Waals surface area contributed by atoms with Gasteiger partial charge in [-0.3, -0.25) is 9.05 Å². The molecule has 1 aliphatic rings. The van der Waals surface area contributed by atoms with Crippen LogP contribution in [-0.2, 0) is 13.6 Å². The molecule has 78 valence electrons. The summed E-state index contributed by atoms with van der Waals surface area (Å²) in [6, 6.07) is 0. The fourth-order valence-electron chi connectivity index (χ4n) is 0.791. The van der Waals surface area contributed by atoms with Crippen molar-refractivity contribution >= 4 is 31.3 Å². The van der Waals surface area contributed by atoms with Crippen molar-refractivity contribution in [2.24, 2.45) is 0 Å². The molecule has 1 rings (SSSR count). The topological polar surface area (TPSA) is 47.6 Å². The van der Waals surface area contributed by atoms with Gasteiger partial charge in [0.25, 0.3) is 0 Å². The van der Waals surface area contributed by atoms with Crippen molar-refractivity contribution in [1.29, 1.82) is 0 Å². The van der Waals surface area contributed by atoms with Gasteiger partial charge in [-0.05, 0) is 13.8 Å². The summed E-state index contributed by atoms with van der Waals surface area (Å²) in [5, 5.41) is 3.91. The molecule has 1 aliphatic heterocycles. The molecule has 4 nitrogen and oxygen atoms in total. The molecule has 0 aromatic carbocycles. The minimum Gasteiger partial charge on any atom is -0.297 e. The Hall–Kier alpha value is 0.810. The van der Waals surface area contributed by atoms with Crippen LogP contribution >= 0.6 is 31.3 Å². The SMILES string of the molecule is CCOP(=O)(NC1SCS1)OCC. The standard InChI is InChI=1S/C6H14NO3PS2/c1-3-9-11(8,10-4-2)7-6-12-5-13-6/h6H,3-5H2,1-2H3,(H,7,8). The highest BCUT2D eigenvalue weighted by atomic mass is 32.3. The van der Waals surface area contributed by atoms with Gasteiger partial charge in [0.15, 0.2) is 0 Å². The average molecular weight is 243 g/mol. The normalized spacial score (nSPS) is 18.6. The van der Waals surface area contributed by atoms with Crippen molar-refractivity contribution in [2.45, 2.75) is 18.6 Å². The molecule has 1 heterocycles. The van der Waals surface area contributed by atoms with Crippen LogP contribution in [0.2, 0.25) is 0 Å². The summed E-state index contributed by atoms with van der Waals surface area (Å²) in [6.45, 7) is 4.39. The number of thioether (sulfide) groups is 2. The van der Waals surface area contributed by atoms with Gasteiger partial charge in [0.2, 0.25) is 0 Å². The molecular formula is C6H14NO3PS2. The zero-order chi connectivity index (χ0) is 9.73. The van der Waals surface area contributed by atoms with Gasteiger partial charge in [0.05, 0.1) is 13.2 Å². The maximum Gasteiger partial charge on any atom is 0.407 e. The van der Waals surface area contributed by atoms with Gasteiger partial charge >= 0.3 is 7.75 Å². The van der Waals surface area contributed by atoms with Crippen LogP contribution in [0.5, 0.6) is 0 Å². The van der Waals surface area contributed by atoms with Gasteiger partial charge in [0.1, 0.15) is 4.71 Å². The molecule has 0 atom stereocenters. The third-order valence-corrected chi connectivity index (χ3v) is 6.17. The van der Waals surface area contributed by atoms with E-state index < -0.39 is 7.75 Å². The van der Waals surface area contributed by atoms with Gasteiger partial charge in [-0.1, -0.05) is 0 Å². The molecule has 0 aliphatic carbocycles. The predicted molar refractivity (Wildman–Crippen MR) is 57.8 cm³/mol. The summed E-state index contributed by atoms with van der Waals surface area (Å²) >= 11 is 3.41. The lowest BCUT2D eigenvalue weighted by Crippen LogP contribution is -2.27. The quantitative estimate of drug-likeness (QED) is 0.723. The highest BCUT2D eigenvalue weighted by molar-refractivity contribution is 8.32. The summed E-state index contributed by atoms with van der Waals surface area (Å²) in [4.78, 5) is 0.